The van der Waals surface area contributed by atoms with Crippen molar-refractivity contribution < 1.29 is 18.7 Å². The van der Waals surface area contributed by atoms with E-state index in [0.717, 1.165) is 0 Å². The molecule has 0 aliphatic rings. The molecule has 0 aliphatic carbocycles. The Bertz CT molecular complexity index is 954. The Kier molecular flexibility index (Phi) is 4.57. The first-order chi connectivity index (χ1) is 12.0. The Hall–Kier alpha value is -3.08. The molecule has 0 bridgehead atoms. The van der Waals surface area contributed by atoms with Gasteiger partial charge in [0.1, 0.15) is 11.6 Å². The Balaban J connectivity index is 2.27. The second-order valence-electron chi connectivity index (χ2n) is 5.65. The molecule has 1 heterocycles. The third-order valence-electron chi connectivity index (χ3n) is 3.94. The van der Waals surface area contributed by atoms with Crippen LogP contribution < -0.4 is 0 Å². The van der Waals surface area contributed by atoms with Gasteiger partial charge in [0.15, 0.2) is 0 Å². The highest BCUT2D eigenvalue weighted by Crippen LogP contribution is 2.33. The second kappa shape index (κ2) is 6.81. The Morgan fingerprint density at radius 3 is 1.96 bits per heavy atom. The fraction of sp³-hybridized carbons (Fsp3) is 0.100. The van der Waals surface area contributed by atoms with E-state index in [9.17, 15) is 13.6 Å². The van der Waals surface area contributed by atoms with E-state index in [1.165, 1.54) is 12.1 Å². The minimum atomic E-state index is -1.07. The molecule has 3 rings (SSSR count). The van der Waals surface area contributed by atoms with Crippen LogP contribution in [0.2, 0.25) is 0 Å². The zero-order valence-corrected chi connectivity index (χ0v) is 13.5. The van der Waals surface area contributed by atoms with Gasteiger partial charge in [-0.05, 0) is 25.1 Å². The second-order valence-corrected chi connectivity index (χ2v) is 5.65. The monoisotopic (exact) mass is 339 g/mol. The normalized spacial score (nSPS) is 10.7. The lowest BCUT2D eigenvalue weighted by Gasteiger charge is -2.14. The van der Waals surface area contributed by atoms with Crippen LogP contribution >= 0.6 is 0 Å². The molecule has 3 aromatic rings. The van der Waals surface area contributed by atoms with E-state index < -0.39 is 17.6 Å². The van der Waals surface area contributed by atoms with Gasteiger partial charge in [-0.2, -0.15) is 0 Å². The maximum absolute atomic E-state index is 14.3. The number of nitrogens with zero attached hydrogens (tertiary/aromatic N) is 1. The largest absolute Gasteiger partial charge is 0.481 e. The molecular weight excluding hydrogens is 324 g/mol. The molecule has 1 aromatic heterocycles. The van der Waals surface area contributed by atoms with Crippen LogP contribution in [-0.4, -0.2) is 16.1 Å². The van der Waals surface area contributed by atoms with Gasteiger partial charge in [0.25, 0.3) is 0 Å². The average Bonchev–Trinajstić information content (AvgIpc) is 2.56. The standard InChI is InChI=1S/C20H15F2NO2/c1-12-15(13-6-2-4-8-17(13)21)10-16(19(23-12)11-20(24)25)14-7-3-5-9-18(14)22/h2-10H,11H2,1H3,(H,24,25). The summed E-state index contributed by atoms with van der Waals surface area (Å²) in [6.45, 7) is 1.68. The molecule has 0 radical (unpaired) electrons. The van der Waals surface area contributed by atoms with Gasteiger partial charge in [-0.1, -0.05) is 36.4 Å². The lowest BCUT2D eigenvalue weighted by molar-refractivity contribution is -0.136. The van der Waals surface area contributed by atoms with Crippen LogP contribution in [0.5, 0.6) is 0 Å². The zero-order valence-electron chi connectivity index (χ0n) is 13.5. The summed E-state index contributed by atoms with van der Waals surface area (Å²) >= 11 is 0. The predicted octanol–water partition coefficient (Wildman–Crippen LogP) is 4.63. The summed E-state index contributed by atoms with van der Waals surface area (Å²) in [6, 6.07) is 13.9. The minimum Gasteiger partial charge on any atom is -0.481 e. The molecule has 0 fully saturated rings. The summed E-state index contributed by atoms with van der Waals surface area (Å²) in [5, 5.41) is 9.14. The van der Waals surface area contributed by atoms with Gasteiger partial charge in [0.2, 0.25) is 0 Å². The van der Waals surface area contributed by atoms with Crippen LogP contribution in [0.25, 0.3) is 22.3 Å². The molecule has 0 amide bonds. The molecule has 2 aromatic carbocycles. The Morgan fingerprint density at radius 1 is 0.920 bits per heavy atom. The smallest absolute Gasteiger partial charge is 0.309 e. The summed E-state index contributed by atoms with van der Waals surface area (Å²) in [6.07, 6.45) is -0.345. The fourth-order valence-electron chi connectivity index (χ4n) is 2.80. The number of pyridine rings is 1. The van der Waals surface area contributed by atoms with E-state index >= 15 is 0 Å². The number of halogens is 2. The Morgan fingerprint density at radius 2 is 1.44 bits per heavy atom. The quantitative estimate of drug-likeness (QED) is 0.754. The lowest BCUT2D eigenvalue weighted by atomic mass is 9.95. The van der Waals surface area contributed by atoms with Crippen molar-refractivity contribution in [1.82, 2.24) is 4.98 Å². The number of carboxylic acids is 1. The highest BCUT2D eigenvalue weighted by molar-refractivity contribution is 5.80. The SMILES string of the molecule is Cc1nc(CC(=O)O)c(-c2ccccc2F)cc1-c1ccccc1F. The number of rotatable bonds is 4. The molecule has 0 saturated heterocycles. The van der Waals surface area contributed by atoms with Crippen LogP contribution in [0.4, 0.5) is 8.78 Å². The van der Waals surface area contributed by atoms with Gasteiger partial charge in [0, 0.05) is 27.9 Å². The van der Waals surface area contributed by atoms with E-state index in [-0.39, 0.29) is 17.7 Å². The van der Waals surface area contributed by atoms with Crippen LogP contribution in [0.3, 0.4) is 0 Å². The summed E-state index contributed by atoms with van der Waals surface area (Å²) in [7, 11) is 0. The van der Waals surface area contributed by atoms with Crippen molar-refractivity contribution in [2.45, 2.75) is 13.3 Å². The molecule has 0 saturated carbocycles. The van der Waals surface area contributed by atoms with Gasteiger partial charge in [-0.3, -0.25) is 9.78 Å². The van der Waals surface area contributed by atoms with Crippen molar-refractivity contribution in [3.8, 4) is 22.3 Å². The summed E-state index contributed by atoms with van der Waals surface area (Å²) < 4.78 is 28.4. The van der Waals surface area contributed by atoms with Gasteiger partial charge in [-0.15, -0.1) is 0 Å². The van der Waals surface area contributed by atoms with E-state index in [1.807, 2.05) is 0 Å². The predicted molar refractivity (Wildman–Crippen MR) is 91.1 cm³/mol. The van der Waals surface area contributed by atoms with Gasteiger partial charge < -0.3 is 5.11 Å². The number of hydrogen-bond acceptors (Lipinski definition) is 2. The number of aromatic nitrogens is 1. The molecule has 1 N–H and O–H groups in total. The molecular formula is C20H15F2NO2. The summed E-state index contributed by atoms with van der Waals surface area (Å²) in [5.41, 5.74) is 2.17. The van der Waals surface area contributed by atoms with E-state index in [1.54, 1.807) is 49.4 Å². The first kappa shape index (κ1) is 16.8. The highest BCUT2D eigenvalue weighted by Gasteiger charge is 2.18. The van der Waals surface area contributed by atoms with E-state index in [4.69, 9.17) is 5.11 Å². The minimum absolute atomic E-state index is 0.240. The Labute approximate surface area is 143 Å². The molecule has 126 valence electrons. The third kappa shape index (κ3) is 3.40. The number of hydrogen-bond donors (Lipinski definition) is 1. The van der Waals surface area contributed by atoms with Gasteiger partial charge in [-0.25, -0.2) is 8.78 Å². The van der Waals surface area contributed by atoms with Crippen molar-refractivity contribution in [3.05, 3.63) is 77.6 Å². The fourth-order valence-corrected chi connectivity index (χ4v) is 2.80. The first-order valence-corrected chi connectivity index (χ1v) is 7.69. The zero-order chi connectivity index (χ0) is 18.0. The van der Waals surface area contributed by atoms with Crippen molar-refractivity contribution in [1.29, 1.82) is 0 Å². The van der Waals surface area contributed by atoms with Crippen LogP contribution in [-0.2, 0) is 11.2 Å². The molecule has 0 unspecified atom stereocenters. The van der Waals surface area contributed by atoms with Crippen LogP contribution in [0, 0.1) is 18.6 Å². The van der Waals surface area contributed by atoms with Gasteiger partial charge >= 0.3 is 5.97 Å². The van der Waals surface area contributed by atoms with E-state index in [2.05, 4.69) is 4.98 Å². The summed E-state index contributed by atoms with van der Waals surface area (Å²) in [5.74, 6) is -1.97. The van der Waals surface area contributed by atoms with Crippen molar-refractivity contribution in [2.24, 2.45) is 0 Å². The first-order valence-electron chi connectivity index (χ1n) is 7.69. The number of benzene rings is 2. The molecule has 0 spiro atoms. The molecule has 0 atom stereocenters. The number of carbonyl (C=O) groups is 1. The third-order valence-corrected chi connectivity index (χ3v) is 3.94. The van der Waals surface area contributed by atoms with Crippen molar-refractivity contribution in [2.75, 3.05) is 0 Å². The van der Waals surface area contributed by atoms with Crippen molar-refractivity contribution in [3.63, 3.8) is 0 Å². The van der Waals surface area contributed by atoms with Crippen LogP contribution in [0.1, 0.15) is 11.4 Å². The number of carboxylic acid groups (broad SMARTS) is 1. The molecule has 0 aliphatic heterocycles. The van der Waals surface area contributed by atoms with Crippen LogP contribution in [0.15, 0.2) is 54.6 Å². The average molecular weight is 339 g/mol. The lowest BCUT2D eigenvalue weighted by Crippen LogP contribution is -2.07. The maximum atomic E-state index is 14.3. The van der Waals surface area contributed by atoms with E-state index in [0.29, 0.717) is 22.4 Å². The summed E-state index contributed by atoms with van der Waals surface area (Å²) in [4.78, 5) is 15.5. The molecule has 5 heteroatoms. The number of aryl methyl sites for hydroxylation is 1. The maximum Gasteiger partial charge on any atom is 0.309 e. The highest BCUT2D eigenvalue weighted by atomic mass is 19.1. The molecule has 25 heavy (non-hydrogen) atoms. The topological polar surface area (TPSA) is 50.2 Å². The van der Waals surface area contributed by atoms with Crippen molar-refractivity contribution >= 4 is 5.97 Å². The van der Waals surface area contributed by atoms with Gasteiger partial charge in [0.05, 0.1) is 12.1 Å². The number of aliphatic carboxylic acids is 1. The molecule has 3 nitrogen and oxygen atoms in total.